The minimum absolute atomic E-state index is 0.0550. The van der Waals surface area contributed by atoms with Crippen molar-refractivity contribution in [2.24, 2.45) is 5.92 Å². The van der Waals surface area contributed by atoms with Crippen LogP contribution in [0.25, 0.3) is 10.8 Å². The predicted molar refractivity (Wildman–Crippen MR) is 109 cm³/mol. The molecule has 1 fully saturated rings. The van der Waals surface area contributed by atoms with Crippen molar-refractivity contribution in [1.82, 2.24) is 0 Å². The lowest BCUT2D eigenvalue weighted by molar-refractivity contribution is -0.122. The van der Waals surface area contributed by atoms with Gasteiger partial charge in [0.1, 0.15) is 0 Å². The third kappa shape index (κ3) is 3.51. The fraction of sp³-hybridized carbons (Fsp3) is 0.143. The maximum Gasteiger partial charge on any atom is 0.229 e. The van der Waals surface area contributed by atoms with Crippen molar-refractivity contribution in [2.45, 2.75) is 6.42 Å². The van der Waals surface area contributed by atoms with Crippen molar-refractivity contribution in [3.8, 4) is 0 Å². The van der Waals surface area contributed by atoms with Gasteiger partial charge in [-0.2, -0.15) is 0 Å². The Labute approximate surface area is 166 Å². The van der Waals surface area contributed by atoms with Gasteiger partial charge in [0.15, 0.2) is 0 Å². The first-order chi connectivity index (χ1) is 13.0. The molecular weight excluding hydrogens is 383 g/mol. The molecule has 3 aromatic rings. The lowest BCUT2D eigenvalue weighted by Crippen LogP contribution is -2.28. The van der Waals surface area contributed by atoms with Gasteiger partial charge in [0.05, 0.1) is 21.7 Å². The normalized spacial score (nSPS) is 16.7. The number of halogens is 2. The van der Waals surface area contributed by atoms with Crippen LogP contribution in [0.15, 0.2) is 60.7 Å². The standard InChI is InChI=1S/C21H16Cl2N2O2/c22-17-9-8-15(11-18(17)23)24-21(27)14-10-20(26)25(12-14)19-7-3-5-13-4-1-2-6-16(13)19/h1-9,11,14H,10,12H2,(H,24,27)/t14-/m0/s1. The second kappa shape index (κ2) is 7.22. The summed E-state index contributed by atoms with van der Waals surface area (Å²) in [5, 5.41) is 5.67. The van der Waals surface area contributed by atoms with Gasteiger partial charge in [-0.3, -0.25) is 9.59 Å². The summed E-state index contributed by atoms with van der Waals surface area (Å²) in [6.07, 6.45) is 0.177. The Balaban J connectivity index is 1.55. The number of carbonyl (C=O) groups is 2. The Morgan fingerprint density at radius 1 is 1.00 bits per heavy atom. The molecular formula is C21H16Cl2N2O2. The van der Waals surface area contributed by atoms with E-state index in [4.69, 9.17) is 23.2 Å². The molecule has 27 heavy (non-hydrogen) atoms. The smallest absolute Gasteiger partial charge is 0.229 e. The average Bonchev–Trinajstić information content (AvgIpc) is 3.06. The zero-order valence-electron chi connectivity index (χ0n) is 14.3. The van der Waals surface area contributed by atoms with E-state index in [0.29, 0.717) is 22.3 Å². The number of fused-ring (bicyclic) bond motifs is 1. The quantitative estimate of drug-likeness (QED) is 0.663. The second-order valence-electron chi connectivity index (χ2n) is 6.52. The van der Waals surface area contributed by atoms with Crippen molar-refractivity contribution < 1.29 is 9.59 Å². The topological polar surface area (TPSA) is 49.4 Å². The highest BCUT2D eigenvalue weighted by molar-refractivity contribution is 6.42. The molecule has 4 rings (SSSR count). The van der Waals surface area contributed by atoms with Crippen LogP contribution in [0.2, 0.25) is 10.0 Å². The lowest BCUT2D eigenvalue weighted by atomic mass is 10.1. The number of nitrogens with zero attached hydrogens (tertiary/aromatic N) is 1. The summed E-state index contributed by atoms with van der Waals surface area (Å²) in [6.45, 7) is 0.347. The van der Waals surface area contributed by atoms with Crippen molar-refractivity contribution in [3.05, 3.63) is 70.7 Å². The monoisotopic (exact) mass is 398 g/mol. The highest BCUT2D eigenvalue weighted by Crippen LogP contribution is 2.32. The highest BCUT2D eigenvalue weighted by Gasteiger charge is 2.35. The second-order valence-corrected chi connectivity index (χ2v) is 7.34. The summed E-state index contributed by atoms with van der Waals surface area (Å²) < 4.78 is 0. The molecule has 6 heteroatoms. The molecule has 0 bridgehead atoms. The van der Waals surface area contributed by atoms with Crippen LogP contribution in [-0.2, 0) is 9.59 Å². The lowest BCUT2D eigenvalue weighted by Gasteiger charge is -2.19. The van der Waals surface area contributed by atoms with Gasteiger partial charge in [0, 0.05) is 24.0 Å². The van der Waals surface area contributed by atoms with Gasteiger partial charge in [-0.05, 0) is 29.7 Å². The largest absolute Gasteiger partial charge is 0.326 e. The molecule has 1 heterocycles. The summed E-state index contributed by atoms with van der Waals surface area (Å²) in [5.41, 5.74) is 1.40. The first-order valence-electron chi connectivity index (χ1n) is 8.57. The zero-order valence-corrected chi connectivity index (χ0v) is 15.8. The fourth-order valence-corrected chi connectivity index (χ4v) is 3.68. The summed E-state index contributed by atoms with van der Waals surface area (Å²) in [6, 6.07) is 18.7. The van der Waals surface area contributed by atoms with Crippen molar-refractivity contribution in [3.63, 3.8) is 0 Å². The molecule has 0 aromatic heterocycles. The van der Waals surface area contributed by atoms with Gasteiger partial charge in [0.25, 0.3) is 0 Å². The third-order valence-electron chi connectivity index (χ3n) is 4.74. The summed E-state index contributed by atoms with van der Waals surface area (Å²) in [4.78, 5) is 26.9. The number of anilines is 2. The van der Waals surface area contributed by atoms with Crippen LogP contribution in [0.1, 0.15) is 6.42 Å². The van der Waals surface area contributed by atoms with E-state index in [-0.39, 0.29) is 18.2 Å². The first kappa shape index (κ1) is 17.8. The maximum absolute atomic E-state index is 12.6. The van der Waals surface area contributed by atoms with E-state index in [9.17, 15) is 9.59 Å². The van der Waals surface area contributed by atoms with Crippen molar-refractivity contribution >= 4 is 57.2 Å². The molecule has 0 spiro atoms. The van der Waals surface area contributed by atoms with Crippen LogP contribution < -0.4 is 10.2 Å². The first-order valence-corrected chi connectivity index (χ1v) is 9.32. The Bertz CT molecular complexity index is 1050. The number of amides is 2. The number of nitrogens with one attached hydrogen (secondary N) is 1. The van der Waals surface area contributed by atoms with Gasteiger partial charge < -0.3 is 10.2 Å². The van der Waals surface area contributed by atoms with Crippen LogP contribution in [0, 0.1) is 5.92 Å². The number of rotatable bonds is 3. The summed E-state index contributed by atoms with van der Waals surface area (Å²) in [7, 11) is 0. The van der Waals surface area contributed by atoms with E-state index in [1.165, 1.54) is 0 Å². The Morgan fingerprint density at radius 3 is 2.59 bits per heavy atom. The van der Waals surface area contributed by atoms with Crippen molar-refractivity contribution in [2.75, 3.05) is 16.8 Å². The Morgan fingerprint density at radius 2 is 1.78 bits per heavy atom. The molecule has 0 saturated carbocycles. The summed E-state index contributed by atoms with van der Waals surface area (Å²) in [5.74, 6) is -0.684. The number of benzene rings is 3. The van der Waals surface area contributed by atoms with Crippen LogP contribution in [0.3, 0.4) is 0 Å². The van der Waals surface area contributed by atoms with Crippen LogP contribution in [0.5, 0.6) is 0 Å². The molecule has 1 saturated heterocycles. The third-order valence-corrected chi connectivity index (χ3v) is 5.48. The van der Waals surface area contributed by atoms with E-state index in [1.54, 1.807) is 23.1 Å². The minimum atomic E-state index is -0.425. The average molecular weight is 399 g/mol. The predicted octanol–water partition coefficient (Wildman–Crippen LogP) is 5.14. The molecule has 1 atom stereocenters. The maximum atomic E-state index is 12.6. The molecule has 1 aliphatic heterocycles. The SMILES string of the molecule is O=C(Nc1ccc(Cl)c(Cl)c1)[C@H]1CC(=O)N(c2cccc3ccccc23)C1. The van der Waals surface area contributed by atoms with E-state index in [2.05, 4.69) is 5.32 Å². The fourth-order valence-electron chi connectivity index (χ4n) is 3.38. The molecule has 0 unspecified atom stereocenters. The van der Waals surface area contributed by atoms with E-state index >= 15 is 0 Å². The van der Waals surface area contributed by atoms with Gasteiger partial charge in [-0.15, -0.1) is 0 Å². The summed E-state index contributed by atoms with van der Waals surface area (Å²) >= 11 is 11.9. The molecule has 4 nitrogen and oxygen atoms in total. The van der Waals surface area contributed by atoms with Gasteiger partial charge in [-0.25, -0.2) is 0 Å². The molecule has 0 aliphatic carbocycles. The van der Waals surface area contributed by atoms with Gasteiger partial charge in [-0.1, -0.05) is 59.6 Å². The van der Waals surface area contributed by atoms with E-state index < -0.39 is 5.92 Å². The van der Waals surface area contributed by atoms with Gasteiger partial charge >= 0.3 is 0 Å². The molecule has 3 aromatic carbocycles. The highest BCUT2D eigenvalue weighted by atomic mass is 35.5. The number of hydrogen-bond acceptors (Lipinski definition) is 2. The van der Waals surface area contributed by atoms with Crippen LogP contribution in [0.4, 0.5) is 11.4 Å². The van der Waals surface area contributed by atoms with Crippen molar-refractivity contribution in [1.29, 1.82) is 0 Å². The minimum Gasteiger partial charge on any atom is -0.326 e. The number of carbonyl (C=O) groups excluding carboxylic acids is 2. The molecule has 136 valence electrons. The molecule has 1 aliphatic rings. The molecule has 1 N–H and O–H groups in total. The van der Waals surface area contributed by atoms with Crippen LogP contribution >= 0.6 is 23.2 Å². The van der Waals surface area contributed by atoms with E-state index in [0.717, 1.165) is 16.5 Å². The zero-order chi connectivity index (χ0) is 19.0. The van der Waals surface area contributed by atoms with Gasteiger partial charge in [0.2, 0.25) is 11.8 Å². The van der Waals surface area contributed by atoms with E-state index in [1.807, 2.05) is 42.5 Å². The number of hydrogen-bond donors (Lipinski definition) is 1. The molecule has 0 radical (unpaired) electrons. The van der Waals surface area contributed by atoms with Crippen LogP contribution in [-0.4, -0.2) is 18.4 Å². The molecule has 2 amide bonds. The Hall–Kier alpha value is -2.56. The Kier molecular flexibility index (Phi) is 4.77.